The van der Waals surface area contributed by atoms with Gasteiger partial charge in [0.2, 0.25) is 0 Å². The van der Waals surface area contributed by atoms with E-state index < -0.39 is 6.17 Å². The van der Waals surface area contributed by atoms with Gasteiger partial charge in [-0.1, -0.05) is 12.8 Å². The minimum absolute atomic E-state index is 0.162. The highest BCUT2D eigenvalue weighted by Gasteiger charge is 2.23. The summed E-state index contributed by atoms with van der Waals surface area (Å²) in [6, 6.07) is 0. The van der Waals surface area contributed by atoms with E-state index in [1.807, 2.05) is 0 Å². The largest absolute Gasteiger partial charge is 0.393 e. The van der Waals surface area contributed by atoms with Crippen LogP contribution >= 0.6 is 0 Å². The third-order valence-electron chi connectivity index (χ3n) is 2.09. The number of alkyl halides is 1. The summed E-state index contributed by atoms with van der Waals surface area (Å²) in [5, 5.41) is 8.42. The van der Waals surface area contributed by atoms with Crippen LogP contribution in [0.3, 0.4) is 0 Å². The molecule has 0 aliphatic heterocycles. The predicted octanol–water partition coefficient (Wildman–Crippen LogP) is 1.51. The van der Waals surface area contributed by atoms with Crippen LogP contribution < -0.4 is 0 Å². The number of hydrogen-bond acceptors (Lipinski definition) is 1. The van der Waals surface area contributed by atoms with Crippen LogP contribution in [0.2, 0.25) is 0 Å². The molecule has 0 spiro atoms. The molecule has 1 fully saturated rings. The minimum Gasteiger partial charge on any atom is -0.393 e. The lowest BCUT2D eigenvalue weighted by molar-refractivity contribution is 0.128. The Hall–Kier alpha value is -0.110. The van der Waals surface area contributed by atoms with Gasteiger partial charge >= 0.3 is 0 Å². The highest BCUT2D eigenvalue weighted by atomic mass is 19.1. The topological polar surface area (TPSA) is 20.2 Å². The van der Waals surface area contributed by atoms with E-state index in [-0.39, 0.29) is 12.5 Å². The quantitative estimate of drug-likeness (QED) is 0.603. The smallest absolute Gasteiger partial charge is 0.126 e. The fourth-order valence-electron chi connectivity index (χ4n) is 1.47. The first-order chi connectivity index (χ1) is 4.34. The van der Waals surface area contributed by atoms with Crippen LogP contribution in [0.1, 0.15) is 25.7 Å². The fourth-order valence-corrected chi connectivity index (χ4v) is 1.47. The number of rotatable bonds is 2. The van der Waals surface area contributed by atoms with E-state index in [1.54, 1.807) is 0 Å². The van der Waals surface area contributed by atoms with Crippen molar-refractivity contribution in [3.63, 3.8) is 0 Å². The molecule has 0 unspecified atom stereocenters. The summed E-state index contributed by atoms with van der Waals surface area (Å²) in [6.45, 7) is -0.287. The molecule has 1 aliphatic carbocycles. The van der Waals surface area contributed by atoms with E-state index in [1.165, 1.54) is 0 Å². The predicted molar refractivity (Wildman–Crippen MR) is 33.9 cm³/mol. The van der Waals surface area contributed by atoms with Gasteiger partial charge in [-0.2, -0.15) is 0 Å². The zero-order chi connectivity index (χ0) is 6.69. The molecular formula is C7H13FO. The van der Waals surface area contributed by atoms with E-state index in [0.29, 0.717) is 0 Å². The summed E-state index contributed by atoms with van der Waals surface area (Å²) >= 11 is 0. The molecule has 1 aliphatic rings. The Kier molecular flexibility index (Phi) is 2.46. The molecule has 54 valence electrons. The van der Waals surface area contributed by atoms with Gasteiger partial charge in [0.05, 0.1) is 6.61 Å². The van der Waals surface area contributed by atoms with E-state index in [9.17, 15) is 4.39 Å². The van der Waals surface area contributed by atoms with Crippen LogP contribution in [0, 0.1) is 5.92 Å². The summed E-state index contributed by atoms with van der Waals surface area (Å²) in [7, 11) is 0. The van der Waals surface area contributed by atoms with Gasteiger partial charge in [0.1, 0.15) is 6.17 Å². The van der Waals surface area contributed by atoms with Crippen molar-refractivity contribution in [2.45, 2.75) is 31.9 Å². The molecule has 1 rings (SSSR count). The van der Waals surface area contributed by atoms with Crippen LogP contribution in [-0.2, 0) is 0 Å². The molecule has 1 N–H and O–H groups in total. The van der Waals surface area contributed by atoms with Gasteiger partial charge in [0.15, 0.2) is 0 Å². The number of hydrogen-bond donors (Lipinski definition) is 1. The SMILES string of the molecule is OC[C@@H](F)C1CCCC1. The second-order valence-corrected chi connectivity index (χ2v) is 2.74. The molecule has 9 heavy (non-hydrogen) atoms. The third-order valence-corrected chi connectivity index (χ3v) is 2.09. The Balaban J connectivity index is 2.24. The highest BCUT2D eigenvalue weighted by Crippen LogP contribution is 2.28. The molecule has 0 aromatic carbocycles. The number of aliphatic hydroxyl groups is 1. The Morgan fingerprint density at radius 3 is 2.44 bits per heavy atom. The number of aliphatic hydroxyl groups excluding tert-OH is 1. The summed E-state index contributed by atoms with van der Waals surface area (Å²) in [5.74, 6) is 0.162. The van der Waals surface area contributed by atoms with Gasteiger partial charge in [-0.15, -0.1) is 0 Å². The van der Waals surface area contributed by atoms with E-state index in [4.69, 9.17) is 5.11 Å². The minimum atomic E-state index is -0.951. The molecule has 1 nitrogen and oxygen atoms in total. The van der Waals surface area contributed by atoms with Crippen molar-refractivity contribution in [1.29, 1.82) is 0 Å². The first-order valence-electron chi connectivity index (χ1n) is 3.59. The molecular weight excluding hydrogens is 119 g/mol. The van der Waals surface area contributed by atoms with E-state index in [2.05, 4.69) is 0 Å². The summed E-state index contributed by atoms with van der Waals surface area (Å²) in [5.41, 5.74) is 0. The van der Waals surface area contributed by atoms with Crippen LogP contribution in [0.25, 0.3) is 0 Å². The summed E-state index contributed by atoms with van der Waals surface area (Å²) in [6.07, 6.45) is 3.28. The van der Waals surface area contributed by atoms with Gasteiger partial charge in [-0.25, -0.2) is 4.39 Å². The Labute approximate surface area is 54.9 Å². The van der Waals surface area contributed by atoms with Gasteiger partial charge in [0.25, 0.3) is 0 Å². The van der Waals surface area contributed by atoms with Crippen molar-refractivity contribution in [3.8, 4) is 0 Å². The second-order valence-electron chi connectivity index (χ2n) is 2.74. The molecule has 0 aromatic rings. The van der Waals surface area contributed by atoms with Crippen molar-refractivity contribution in [2.75, 3.05) is 6.61 Å². The van der Waals surface area contributed by atoms with Crippen LogP contribution in [0.15, 0.2) is 0 Å². The van der Waals surface area contributed by atoms with E-state index in [0.717, 1.165) is 25.7 Å². The summed E-state index contributed by atoms with van der Waals surface area (Å²) in [4.78, 5) is 0. The normalized spacial score (nSPS) is 24.7. The Bertz CT molecular complexity index is 79.0. The third kappa shape index (κ3) is 1.65. The van der Waals surface area contributed by atoms with Crippen LogP contribution in [0.4, 0.5) is 4.39 Å². The Morgan fingerprint density at radius 2 is 2.00 bits per heavy atom. The molecule has 0 aromatic heterocycles. The van der Waals surface area contributed by atoms with Gasteiger partial charge in [-0.05, 0) is 18.8 Å². The maximum Gasteiger partial charge on any atom is 0.126 e. The van der Waals surface area contributed by atoms with Crippen LogP contribution in [0.5, 0.6) is 0 Å². The zero-order valence-electron chi connectivity index (χ0n) is 5.52. The van der Waals surface area contributed by atoms with E-state index >= 15 is 0 Å². The lowest BCUT2D eigenvalue weighted by Gasteiger charge is -2.10. The van der Waals surface area contributed by atoms with Crippen molar-refractivity contribution in [1.82, 2.24) is 0 Å². The second kappa shape index (κ2) is 3.16. The van der Waals surface area contributed by atoms with Crippen molar-refractivity contribution in [3.05, 3.63) is 0 Å². The molecule has 0 radical (unpaired) electrons. The van der Waals surface area contributed by atoms with Crippen molar-refractivity contribution in [2.24, 2.45) is 5.92 Å². The lowest BCUT2D eigenvalue weighted by atomic mass is 10.0. The number of halogens is 1. The first-order valence-corrected chi connectivity index (χ1v) is 3.59. The lowest BCUT2D eigenvalue weighted by Crippen LogP contribution is -2.16. The average Bonchev–Trinajstić information content (AvgIpc) is 2.37. The standard InChI is InChI=1S/C7H13FO/c8-7(5-9)6-3-1-2-4-6/h6-7,9H,1-5H2/t7-/m1/s1. The monoisotopic (exact) mass is 132 g/mol. The molecule has 0 saturated heterocycles. The molecule has 0 amide bonds. The van der Waals surface area contributed by atoms with Crippen LogP contribution in [-0.4, -0.2) is 17.9 Å². The zero-order valence-corrected chi connectivity index (χ0v) is 5.52. The maximum absolute atomic E-state index is 12.6. The van der Waals surface area contributed by atoms with Gasteiger partial charge in [0, 0.05) is 0 Å². The summed E-state index contributed by atoms with van der Waals surface area (Å²) < 4.78 is 12.6. The molecule has 1 atom stereocenters. The molecule has 0 heterocycles. The molecule has 2 heteroatoms. The highest BCUT2D eigenvalue weighted by molar-refractivity contribution is 4.73. The first kappa shape index (κ1) is 7.00. The van der Waals surface area contributed by atoms with Crippen molar-refractivity contribution >= 4 is 0 Å². The fraction of sp³-hybridized carbons (Fsp3) is 1.00. The van der Waals surface area contributed by atoms with Crippen molar-refractivity contribution < 1.29 is 9.50 Å². The van der Waals surface area contributed by atoms with Gasteiger partial charge in [-0.3, -0.25) is 0 Å². The Morgan fingerprint density at radius 1 is 1.44 bits per heavy atom. The maximum atomic E-state index is 12.6. The molecule has 1 saturated carbocycles. The van der Waals surface area contributed by atoms with Gasteiger partial charge < -0.3 is 5.11 Å². The average molecular weight is 132 g/mol. The molecule has 0 bridgehead atoms.